The monoisotopic (exact) mass is 456 g/mol. The van der Waals surface area contributed by atoms with E-state index in [2.05, 4.69) is 34.6 Å². The molecule has 0 aliphatic carbocycles. The van der Waals surface area contributed by atoms with E-state index in [1.165, 1.54) is 11.1 Å². The number of nitrogens with zero attached hydrogens (tertiary/aromatic N) is 3. The Morgan fingerprint density at radius 1 is 1.13 bits per heavy atom. The highest BCUT2D eigenvalue weighted by atomic mass is 35.5. The lowest BCUT2D eigenvalue weighted by Crippen LogP contribution is -2.37. The van der Waals surface area contributed by atoms with E-state index in [0.717, 1.165) is 22.2 Å². The Labute approximate surface area is 193 Å². The van der Waals surface area contributed by atoms with Crippen LogP contribution in [0.4, 0.5) is 0 Å². The summed E-state index contributed by atoms with van der Waals surface area (Å²) in [5, 5.41) is 13.4. The average Bonchev–Trinajstić information content (AvgIpc) is 3.12. The number of amides is 1. The van der Waals surface area contributed by atoms with Crippen molar-refractivity contribution >= 4 is 29.3 Å². The molecule has 0 saturated heterocycles. The zero-order valence-corrected chi connectivity index (χ0v) is 20.4. The molecule has 1 heterocycles. The molecule has 0 spiro atoms. The van der Waals surface area contributed by atoms with Gasteiger partial charge in [-0.15, -0.1) is 10.2 Å². The fourth-order valence-corrected chi connectivity index (χ4v) is 4.29. The molecule has 2 aromatic carbocycles. The Kier molecular flexibility index (Phi) is 7.12. The molecule has 1 aromatic heterocycles. The minimum Gasteiger partial charge on any atom is -0.346 e. The maximum Gasteiger partial charge on any atom is 0.225 e. The van der Waals surface area contributed by atoms with Gasteiger partial charge in [0.2, 0.25) is 5.91 Å². The number of thioether (sulfide) groups is 1. The first-order valence-electron chi connectivity index (χ1n) is 10.3. The fraction of sp³-hybridized carbons (Fsp3) is 0.375. The molecule has 1 amide bonds. The third-order valence-electron chi connectivity index (χ3n) is 5.10. The average molecular weight is 457 g/mol. The summed E-state index contributed by atoms with van der Waals surface area (Å²) in [7, 11) is 0. The van der Waals surface area contributed by atoms with Gasteiger partial charge in [0.1, 0.15) is 0 Å². The van der Waals surface area contributed by atoms with E-state index in [4.69, 9.17) is 11.6 Å². The van der Waals surface area contributed by atoms with Crippen LogP contribution < -0.4 is 5.32 Å². The lowest BCUT2D eigenvalue weighted by molar-refractivity contribution is -0.129. The van der Waals surface area contributed by atoms with Gasteiger partial charge in [-0.3, -0.25) is 9.36 Å². The summed E-state index contributed by atoms with van der Waals surface area (Å²) in [5.41, 5.74) is 3.97. The molecule has 7 heteroatoms. The third kappa shape index (κ3) is 5.49. The number of aromatic nitrogens is 3. The zero-order chi connectivity index (χ0) is 22.8. The third-order valence-corrected chi connectivity index (χ3v) is 6.32. The summed E-state index contributed by atoms with van der Waals surface area (Å²) in [6, 6.07) is 13.8. The van der Waals surface area contributed by atoms with Crippen LogP contribution in [0.3, 0.4) is 0 Å². The van der Waals surface area contributed by atoms with Crippen LogP contribution in [0.1, 0.15) is 56.3 Å². The van der Waals surface area contributed by atoms with Gasteiger partial charge in [0.25, 0.3) is 0 Å². The van der Waals surface area contributed by atoms with Crippen molar-refractivity contribution in [2.24, 2.45) is 5.41 Å². The van der Waals surface area contributed by atoms with Crippen LogP contribution in [0.5, 0.6) is 0 Å². The first-order valence-corrected chi connectivity index (χ1v) is 11.6. The number of hydrogen-bond donors (Lipinski definition) is 1. The van der Waals surface area contributed by atoms with Crippen molar-refractivity contribution in [1.29, 1.82) is 0 Å². The van der Waals surface area contributed by atoms with Gasteiger partial charge in [0, 0.05) is 16.2 Å². The second kappa shape index (κ2) is 9.45. The molecule has 1 N–H and O–H groups in total. The van der Waals surface area contributed by atoms with Crippen molar-refractivity contribution < 1.29 is 4.79 Å². The minimum absolute atomic E-state index is 0.0357. The fourth-order valence-electron chi connectivity index (χ4n) is 3.10. The van der Waals surface area contributed by atoms with Crippen molar-refractivity contribution in [2.45, 2.75) is 58.5 Å². The second-order valence-electron chi connectivity index (χ2n) is 8.77. The SMILES string of the molecule is Cc1ccccc1CSc1nnc(C(C)NC(=O)C(C)(C)C)n1-c1cc(Cl)ccc1C. The Hall–Kier alpha value is -2.31. The van der Waals surface area contributed by atoms with E-state index < -0.39 is 5.41 Å². The van der Waals surface area contributed by atoms with E-state index in [0.29, 0.717) is 10.8 Å². The van der Waals surface area contributed by atoms with Crippen LogP contribution in [-0.4, -0.2) is 20.7 Å². The molecule has 164 valence electrons. The van der Waals surface area contributed by atoms with Crippen molar-refractivity contribution in [2.75, 3.05) is 0 Å². The largest absolute Gasteiger partial charge is 0.346 e. The summed E-state index contributed by atoms with van der Waals surface area (Å²) in [6.07, 6.45) is 0. The number of nitrogens with one attached hydrogen (secondary N) is 1. The molecule has 0 aliphatic heterocycles. The molecule has 1 atom stereocenters. The number of aryl methyl sites for hydroxylation is 2. The predicted molar refractivity (Wildman–Crippen MR) is 128 cm³/mol. The van der Waals surface area contributed by atoms with Crippen molar-refractivity contribution in [1.82, 2.24) is 20.1 Å². The van der Waals surface area contributed by atoms with Crippen molar-refractivity contribution in [3.8, 4) is 5.69 Å². The van der Waals surface area contributed by atoms with E-state index in [1.54, 1.807) is 11.8 Å². The van der Waals surface area contributed by atoms with Gasteiger partial charge < -0.3 is 5.32 Å². The smallest absolute Gasteiger partial charge is 0.225 e. The highest BCUT2D eigenvalue weighted by Crippen LogP contribution is 2.31. The first kappa shape index (κ1) is 23.4. The van der Waals surface area contributed by atoms with Crippen LogP contribution in [0.2, 0.25) is 5.02 Å². The van der Waals surface area contributed by atoms with Gasteiger partial charge >= 0.3 is 0 Å². The van der Waals surface area contributed by atoms with E-state index in [1.807, 2.05) is 69.5 Å². The first-order chi connectivity index (χ1) is 14.6. The van der Waals surface area contributed by atoms with Gasteiger partial charge in [-0.2, -0.15) is 0 Å². The Morgan fingerprint density at radius 2 is 1.84 bits per heavy atom. The minimum atomic E-state index is -0.493. The van der Waals surface area contributed by atoms with Gasteiger partial charge in [0.05, 0.1) is 11.7 Å². The van der Waals surface area contributed by atoms with Crippen LogP contribution in [0.25, 0.3) is 5.69 Å². The molecule has 3 rings (SSSR count). The van der Waals surface area contributed by atoms with Gasteiger partial charge in [-0.1, -0.05) is 74.5 Å². The number of hydrogen-bond acceptors (Lipinski definition) is 4. The maximum absolute atomic E-state index is 12.6. The second-order valence-corrected chi connectivity index (χ2v) is 10.1. The highest BCUT2D eigenvalue weighted by Gasteiger charge is 2.27. The molecule has 5 nitrogen and oxygen atoms in total. The van der Waals surface area contributed by atoms with Crippen molar-refractivity contribution in [3.63, 3.8) is 0 Å². The lowest BCUT2D eigenvalue weighted by atomic mass is 9.95. The molecule has 0 fully saturated rings. The lowest BCUT2D eigenvalue weighted by Gasteiger charge is -2.22. The topological polar surface area (TPSA) is 59.8 Å². The number of benzene rings is 2. The summed E-state index contributed by atoms with van der Waals surface area (Å²) in [5.74, 6) is 1.41. The summed E-state index contributed by atoms with van der Waals surface area (Å²) >= 11 is 7.95. The molecular weight excluding hydrogens is 428 g/mol. The zero-order valence-electron chi connectivity index (χ0n) is 18.9. The molecule has 0 radical (unpaired) electrons. The molecular formula is C24H29ClN4OS. The molecule has 1 unspecified atom stereocenters. The molecule has 0 aliphatic rings. The van der Waals surface area contributed by atoms with E-state index >= 15 is 0 Å². The van der Waals surface area contributed by atoms with Crippen LogP contribution in [0, 0.1) is 19.3 Å². The van der Waals surface area contributed by atoms with Gasteiger partial charge in [0.15, 0.2) is 11.0 Å². The highest BCUT2D eigenvalue weighted by molar-refractivity contribution is 7.98. The predicted octanol–water partition coefficient (Wildman–Crippen LogP) is 6.05. The Balaban J connectivity index is 2.00. The normalized spacial score (nSPS) is 12.6. The number of carbonyl (C=O) groups is 1. The number of rotatable bonds is 6. The maximum atomic E-state index is 12.6. The quantitative estimate of drug-likeness (QED) is 0.458. The summed E-state index contributed by atoms with van der Waals surface area (Å²) in [6.45, 7) is 11.7. The van der Waals surface area contributed by atoms with E-state index in [9.17, 15) is 4.79 Å². The standard InChI is InChI=1S/C24H29ClN4OS/c1-15-9-7-8-10-18(15)14-31-23-28-27-21(17(3)26-22(30)24(4,5)6)29(23)20-13-19(25)12-11-16(20)2/h7-13,17H,14H2,1-6H3,(H,26,30). The Morgan fingerprint density at radius 3 is 2.52 bits per heavy atom. The molecule has 0 bridgehead atoms. The van der Waals surface area contributed by atoms with Crippen LogP contribution >= 0.6 is 23.4 Å². The summed E-state index contributed by atoms with van der Waals surface area (Å²) < 4.78 is 2.01. The molecule has 0 saturated carbocycles. The summed E-state index contributed by atoms with van der Waals surface area (Å²) in [4.78, 5) is 12.6. The van der Waals surface area contributed by atoms with Crippen LogP contribution in [0.15, 0.2) is 47.6 Å². The number of carbonyl (C=O) groups excluding carboxylic acids is 1. The molecule has 31 heavy (non-hydrogen) atoms. The number of halogens is 1. The van der Waals surface area contributed by atoms with E-state index in [-0.39, 0.29) is 11.9 Å². The van der Waals surface area contributed by atoms with Crippen molar-refractivity contribution in [3.05, 3.63) is 70.0 Å². The van der Waals surface area contributed by atoms with Gasteiger partial charge in [-0.05, 0) is 49.6 Å². The molecule has 3 aromatic rings. The van der Waals surface area contributed by atoms with Gasteiger partial charge in [-0.25, -0.2) is 0 Å². The Bertz CT molecular complexity index is 1090. The van der Waals surface area contributed by atoms with Crippen LogP contribution in [-0.2, 0) is 10.5 Å².